The van der Waals surface area contributed by atoms with Gasteiger partial charge in [-0.3, -0.25) is 9.59 Å². The first kappa shape index (κ1) is 24.5. The van der Waals surface area contributed by atoms with E-state index in [1.807, 2.05) is 49.4 Å². The summed E-state index contributed by atoms with van der Waals surface area (Å²) >= 11 is 3.41. The van der Waals surface area contributed by atoms with Crippen LogP contribution in [0, 0.1) is 6.92 Å². The number of halogens is 1. The lowest BCUT2D eigenvalue weighted by molar-refractivity contribution is -0.123. The van der Waals surface area contributed by atoms with Crippen molar-refractivity contribution >= 4 is 60.9 Å². The van der Waals surface area contributed by atoms with E-state index in [0.717, 1.165) is 38.6 Å². The number of carbonyl (C=O) groups excluding carboxylic acids is 2. The molecular weight excluding hydrogens is 508 g/mol. The Morgan fingerprint density at radius 1 is 1.00 bits per heavy atom. The third-order valence-corrected chi connectivity index (χ3v) is 6.23. The predicted octanol–water partition coefficient (Wildman–Crippen LogP) is 5.79. The summed E-state index contributed by atoms with van der Waals surface area (Å²) in [6.45, 7) is 6.46. The van der Waals surface area contributed by atoms with Gasteiger partial charge in [-0.15, -0.1) is 0 Å². The molecule has 35 heavy (non-hydrogen) atoms. The van der Waals surface area contributed by atoms with Gasteiger partial charge in [-0.1, -0.05) is 24.3 Å². The number of rotatable bonds is 8. The zero-order valence-corrected chi connectivity index (χ0v) is 21.5. The van der Waals surface area contributed by atoms with Gasteiger partial charge in [0.25, 0.3) is 5.91 Å². The summed E-state index contributed by atoms with van der Waals surface area (Å²) in [5.74, 6) is -0.0428. The summed E-state index contributed by atoms with van der Waals surface area (Å²) in [5.41, 5.74) is 7.02. The molecule has 0 saturated carbocycles. The zero-order chi connectivity index (χ0) is 24.9. The van der Waals surface area contributed by atoms with Gasteiger partial charge in [0.1, 0.15) is 5.75 Å². The Hall–Kier alpha value is -3.65. The number of ether oxygens (including phenoxy) is 1. The van der Waals surface area contributed by atoms with Crippen molar-refractivity contribution in [1.82, 2.24) is 9.99 Å². The summed E-state index contributed by atoms with van der Waals surface area (Å²) in [6, 6.07) is 19.8. The van der Waals surface area contributed by atoms with Crippen LogP contribution >= 0.6 is 15.9 Å². The average molecular weight is 535 g/mol. The number of nitrogens with one attached hydrogen (secondary N) is 2. The molecule has 0 bridgehead atoms. The molecule has 8 heteroatoms. The topological polar surface area (TPSA) is 84.7 Å². The number of hydrogen-bond acceptors (Lipinski definition) is 4. The molecule has 1 aromatic heterocycles. The Bertz CT molecular complexity index is 1440. The van der Waals surface area contributed by atoms with Gasteiger partial charge < -0.3 is 14.6 Å². The molecule has 0 spiro atoms. The molecule has 0 unspecified atom stereocenters. The van der Waals surface area contributed by atoms with Crippen molar-refractivity contribution in [2.24, 2.45) is 5.10 Å². The summed E-state index contributed by atoms with van der Waals surface area (Å²) < 4.78 is 8.55. The number of aryl methyl sites for hydroxylation is 2. The lowest BCUT2D eigenvalue weighted by atomic mass is 10.1. The molecule has 4 rings (SSSR count). The molecule has 7 nitrogen and oxygen atoms in total. The van der Waals surface area contributed by atoms with Gasteiger partial charge in [0, 0.05) is 39.7 Å². The molecule has 0 fully saturated rings. The minimum absolute atomic E-state index is 0.0550. The molecule has 4 aromatic rings. The van der Waals surface area contributed by atoms with Crippen molar-refractivity contribution in [2.75, 3.05) is 11.9 Å². The van der Waals surface area contributed by atoms with Crippen LogP contribution in [0.3, 0.4) is 0 Å². The number of hydrazone groups is 1. The number of benzene rings is 3. The van der Waals surface area contributed by atoms with Gasteiger partial charge >= 0.3 is 0 Å². The number of fused-ring (bicyclic) bond motifs is 3. The number of amides is 2. The number of nitrogens with zero attached hydrogens (tertiary/aromatic N) is 2. The maximum atomic E-state index is 12.6. The molecule has 1 heterocycles. The van der Waals surface area contributed by atoms with Gasteiger partial charge in [-0.05, 0) is 78.7 Å². The molecule has 0 aliphatic rings. The second-order valence-electron chi connectivity index (χ2n) is 8.32. The van der Waals surface area contributed by atoms with E-state index in [9.17, 15) is 9.59 Å². The molecule has 2 N–H and O–H groups in total. The maximum absolute atomic E-state index is 12.6. The normalized spacial score (nSPS) is 11.6. The molecule has 0 radical (unpaired) electrons. The fourth-order valence-electron chi connectivity index (χ4n) is 4.01. The van der Waals surface area contributed by atoms with Gasteiger partial charge in [-0.25, -0.2) is 5.43 Å². The summed E-state index contributed by atoms with van der Waals surface area (Å²) in [6.07, 6.45) is 0.0550. The first-order valence-corrected chi connectivity index (χ1v) is 12.2. The number of anilines is 1. The van der Waals surface area contributed by atoms with Crippen molar-refractivity contribution in [3.63, 3.8) is 0 Å². The van der Waals surface area contributed by atoms with E-state index >= 15 is 0 Å². The van der Waals surface area contributed by atoms with Crippen LogP contribution in [0.2, 0.25) is 0 Å². The van der Waals surface area contributed by atoms with Crippen LogP contribution in [0.25, 0.3) is 21.8 Å². The zero-order valence-electron chi connectivity index (χ0n) is 19.9. The minimum atomic E-state index is -0.407. The van der Waals surface area contributed by atoms with Crippen LogP contribution < -0.4 is 15.5 Å². The fraction of sp³-hybridized carbons (Fsp3) is 0.222. The Kier molecular flexibility index (Phi) is 7.51. The SMILES string of the molecule is CCn1c2ccccc2c2cc(NC(=O)CC(C)=NNC(=O)COc3ccc(C)cc3Br)ccc21. The fourth-order valence-corrected chi connectivity index (χ4v) is 4.61. The number of para-hydroxylation sites is 1. The Labute approximate surface area is 212 Å². The van der Waals surface area contributed by atoms with Crippen molar-refractivity contribution in [2.45, 2.75) is 33.7 Å². The highest BCUT2D eigenvalue weighted by Crippen LogP contribution is 2.31. The van der Waals surface area contributed by atoms with Gasteiger partial charge in [0.2, 0.25) is 5.91 Å². The maximum Gasteiger partial charge on any atom is 0.277 e. The highest BCUT2D eigenvalue weighted by molar-refractivity contribution is 9.10. The van der Waals surface area contributed by atoms with Crippen molar-refractivity contribution in [3.8, 4) is 5.75 Å². The largest absolute Gasteiger partial charge is 0.483 e. The van der Waals surface area contributed by atoms with Crippen LogP contribution in [-0.4, -0.2) is 28.7 Å². The average Bonchev–Trinajstić information content (AvgIpc) is 3.15. The minimum Gasteiger partial charge on any atom is -0.483 e. The highest BCUT2D eigenvalue weighted by Gasteiger charge is 2.12. The van der Waals surface area contributed by atoms with E-state index in [0.29, 0.717) is 11.5 Å². The van der Waals surface area contributed by atoms with Crippen LogP contribution in [-0.2, 0) is 16.1 Å². The van der Waals surface area contributed by atoms with Crippen LogP contribution in [0.1, 0.15) is 25.8 Å². The molecule has 0 aliphatic carbocycles. The second kappa shape index (κ2) is 10.7. The monoisotopic (exact) mass is 534 g/mol. The van der Waals surface area contributed by atoms with Gasteiger partial charge in [0.15, 0.2) is 6.61 Å². The molecule has 0 atom stereocenters. The number of aromatic nitrogens is 1. The first-order chi connectivity index (χ1) is 16.9. The first-order valence-electron chi connectivity index (χ1n) is 11.4. The summed E-state index contributed by atoms with van der Waals surface area (Å²) in [7, 11) is 0. The highest BCUT2D eigenvalue weighted by atomic mass is 79.9. The van der Waals surface area contributed by atoms with E-state index in [4.69, 9.17) is 4.74 Å². The summed E-state index contributed by atoms with van der Waals surface area (Å²) in [4.78, 5) is 24.6. The third-order valence-electron chi connectivity index (χ3n) is 5.61. The van der Waals surface area contributed by atoms with E-state index in [1.54, 1.807) is 13.0 Å². The molecule has 3 aromatic carbocycles. The van der Waals surface area contributed by atoms with E-state index in [-0.39, 0.29) is 18.9 Å². The van der Waals surface area contributed by atoms with Crippen molar-refractivity contribution in [3.05, 3.63) is 70.7 Å². The molecular formula is C27H27BrN4O3. The molecule has 0 saturated heterocycles. The Morgan fingerprint density at radius 3 is 2.54 bits per heavy atom. The summed E-state index contributed by atoms with van der Waals surface area (Å²) in [5, 5.41) is 9.20. The molecule has 2 amide bonds. The van der Waals surface area contributed by atoms with Crippen LogP contribution in [0.4, 0.5) is 5.69 Å². The Balaban J connectivity index is 1.34. The predicted molar refractivity (Wildman–Crippen MR) is 144 cm³/mol. The van der Waals surface area contributed by atoms with Crippen molar-refractivity contribution in [1.29, 1.82) is 0 Å². The van der Waals surface area contributed by atoms with E-state index in [2.05, 4.69) is 55.4 Å². The Morgan fingerprint density at radius 2 is 1.77 bits per heavy atom. The van der Waals surface area contributed by atoms with Crippen LogP contribution in [0.5, 0.6) is 5.75 Å². The van der Waals surface area contributed by atoms with E-state index in [1.165, 1.54) is 5.52 Å². The lowest BCUT2D eigenvalue weighted by Crippen LogP contribution is -2.26. The number of carbonyl (C=O) groups is 2. The number of hydrogen-bond donors (Lipinski definition) is 2. The quantitative estimate of drug-likeness (QED) is 0.222. The lowest BCUT2D eigenvalue weighted by Gasteiger charge is -2.08. The van der Waals surface area contributed by atoms with E-state index < -0.39 is 5.91 Å². The van der Waals surface area contributed by atoms with Crippen molar-refractivity contribution < 1.29 is 14.3 Å². The second-order valence-corrected chi connectivity index (χ2v) is 9.18. The van der Waals surface area contributed by atoms with Crippen LogP contribution in [0.15, 0.2) is 70.2 Å². The standard InChI is InChI=1S/C27H27BrN4O3/c1-4-32-23-8-6-5-7-20(23)21-15-19(10-11-24(21)32)29-26(33)14-18(3)30-31-27(34)16-35-25-12-9-17(2)13-22(25)28/h5-13,15H,4,14,16H2,1-3H3,(H,29,33)(H,31,34). The van der Waals surface area contributed by atoms with Gasteiger partial charge in [0.05, 0.1) is 10.9 Å². The molecule has 0 aliphatic heterocycles. The smallest absolute Gasteiger partial charge is 0.277 e. The van der Waals surface area contributed by atoms with Gasteiger partial charge in [-0.2, -0.15) is 5.10 Å². The third kappa shape index (κ3) is 5.71. The molecule has 180 valence electrons.